The van der Waals surface area contributed by atoms with Crippen molar-refractivity contribution in [3.05, 3.63) is 57.9 Å². The van der Waals surface area contributed by atoms with Crippen molar-refractivity contribution in [2.75, 3.05) is 12.4 Å². The maximum atomic E-state index is 13.7. The molecule has 1 aliphatic rings. The Labute approximate surface area is 168 Å². The summed E-state index contributed by atoms with van der Waals surface area (Å²) >= 11 is 1.19. The van der Waals surface area contributed by atoms with E-state index in [4.69, 9.17) is 0 Å². The van der Waals surface area contributed by atoms with E-state index in [9.17, 15) is 18.4 Å². The molecule has 1 aliphatic carbocycles. The van der Waals surface area contributed by atoms with Gasteiger partial charge >= 0.3 is 5.97 Å². The van der Waals surface area contributed by atoms with Crippen LogP contribution in [0.25, 0.3) is 5.69 Å². The summed E-state index contributed by atoms with van der Waals surface area (Å²) in [5.41, 5.74) is 2.68. The lowest BCUT2D eigenvalue weighted by atomic mass is 10.2. The molecule has 3 aromatic rings. The van der Waals surface area contributed by atoms with Crippen molar-refractivity contribution < 1.29 is 23.1 Å². The van der Waals surface area contributed by atoms with Crippen LogP contribution in [0.1, 0.15) is 33.9 Å². The molecule has 1 aromatic carbocycles. The third kappa shape index (κ3) is 3.75. The average Bonchev–Trinajstić information content (AvgIpc) is 3.40. The highest BCUT2D eigenvalue weighted by molar-refractivity contribution is 7.14. The predicted octanol–water partition coefficient (Wildman–Crippen LogP) is 3.06. The number of amides is 1. The molecule has 0 unspecified atom stereocenters. The highest BCUT2D eigenvalue weighted by Gasteiger charge is 2.27. The Balaban J connectivity index is 1.60. The van der Waals surface area contributed by atoms with Gasteiger partial charge < -0.3 is 4.74 Å². The number of aromatic nitrogens is 3. The van der Waals surface area contributed by atoms with Gasteiger partial charge in [-0.05, 0) is 31.4 Å². The molecule has 7 nitrogen and oxygen atoms in total. The van der Waals surface area contributed by atoms with Crippen molar-refractivity contribution >= 4 is 28.3 Å². The monoisotopic (exact) mass is 418 g/mol. The smallest absolute Gasteiger partial charge is 0.311 e. The number of carbonyl (C=O) groups excluding carboxylic acids is 2. The Hall–Kier alpha value is -3.14. The van der Waals surface area contributed by atoms with Gasteiger partial charge in [-0.3, -0.25) is 14.9 Å². The van der Waals surface area contributed by atoms with E-state index in [1.165, 1.54) is 29.2 Å². The van der Waals surface area contributed by atoms with Crippen LogP contribution in [0.4, 0.5) is 13.9 Å². The molecule has 0 spiro atoms. The number of benzene rings is 1. The first-order valence-corrected chi connectivity index (χ1v) is 9.73. The van der Waals surface area contributed by atoms with Crippen molar-refractivity contribution in [1.82, 2.24) is 14.8 Å². The fraction of sp³-hybridized carbons (Fsp3) is 0.263. The van der Waals surface area contributed by atoms with E-state index in [0.29, 0.717) is 29.4 Å². The normalized spacial score (nSPS) is 12.7. The molecule has 29 heavy (non-hydrogen) atoms. The molecule has 0 radical (unpaired) electrons. The van der Waals surface area contributed by atoms with Gasteiger partial charge in [-0.2, -0.15) is 5.10 Å². The summed E-state index contributed by atoms with van der Waals surface area (Å²) in [6.07, 6.45) is 2.23. The number of nitrogens with one attached hydrogen (secondary N) is 1. The summed E-state index contributed by atoms with van der Waals surface area (Å²) in [5, 5.41) is 9.05. The van der Waals surface area contributed by atoms with Crippen molar-refractivity contribution in [2.45, 2.75) is 25.7 Å². The van der Waals surface area contributed by atoms with E-state index < -0.39 is 23.5 Å². The van der Waals surface area contributed by atoms with Crippen LogP contribution in [0.3, 0.4) is 0 Å². The van der Waals surface area contributed by atoms with E-state index in [1.54, 1.807) is 5.38 Å². The number of esters is 1. The molecule has 0 atom stereocenters. The van der Waals surface area contributed by atoms with Crippen LogP contribution in [0.15, 0.2) is 23.6 Å². The van der Waals surface area contributed by atoms with Crippen LogP contribution in [-0.4, -0.2) is 33.8 Å². The lowest BCUT2D eigenvalue weighted by molar-refractivity contribution is -0.139. The number of rotatable bonds is 5. The number of hydrogen-bond acceptors (Lipinski definition) is 6. The Morgan fingerprint density at radius 1 is 1.28 bits per heavy atom. The Kier molecular flexibility index (Phi) is 5.10. The van der Waals surface area contributed by atoms with E-state index in [1.807, 2.05) is 0 Å². The molecule has 150 valence electrons. The highest BCUT2D eigenvalue weighted by atomic mass is 32.1. The molecule has 2 aromatic heterocycles. The summed E-state index contributed by atoms with van der Waals surface area (Å²) < 4.78 is 33.0. The molecule has 0 saturated carbocycles. The Morgan fingerprint density at radius 3 is 2.86 bits per heavy atom. The molecular formula is C19H16F2N4O3S. The van der Waals surface area contributed by atoms with Crippen molar-refractivity contribution in [3.63, 3.8) is 0 Å². The summed E-state index contributed by atoms with van der Waals surface area (Å²) in [4.78, 5) is 28.3. The Bertz CT molecular complexity index is 1110. The first-order valence-electron chi connectivity index (χ1n) is 8.85. The number of methoxy groups -OCH3 is 1. The van der Waals surface area contributed by atoms with Crippen LogP contribution in [0.2, 0.25) is 0 Å². The van der Waals surface area contributed by atoms with E-state index in [2.05, 4.69) is 20.1 Å². The maximum absolute atomic E-state index is 13.7. The van der Waals surface area contributed by atoms with Gasteiger partial charge in [0.2, 0.25) is 0 Å². The summed E-state index contributed by atoms with van der Waals surface area (Å²) in [6, 6.07) is 3.51. The summed E-state index contributed by atoms with van der Waals surface area (Å²) in [6.45, 7) is 0. The number of fused-ring (bicyclic) bond motifs is 1. The lowest BCUT2D eigenvalue weighted by Crippen LogP contribution is -2.15. The minimum atomic E-state index is -0.975. The third-order valence-electron chi connectivity index (χ3n) is 4.62. The summed E-state index contributed by atoms with van der Waals surface area (Å²) in [5.74, 6) is -2.78. The molecule has 1 N–H and O–H groups in total. The van der Waals surface area contributed by atoms with Gasteiger partial charge in [-0.1, -0.05) is 0 Å². The average molecular weight is 418 g/mol. The van der Waals surface area contributed by atoms with Gasteiger partial charge in [0.1, 0.15) is 0 Å². The zero-order valence-corrected chi connectivity index (χ0v) is 16.2. The lowest BCUT2D eigenvalue weighted by Gasteiger charge is -2.06. The zero-order valence-electron chi connectivity index (χ0n) is 15.4. The molecule has 0 bridgehead atoms. The molecule has 0 saturated heterocycles. The van der Waals surface area contributed by atoms with Gasteiger partial charge in [-0.25, -0.2) is 18.4 Å². The Morgan fingerprint density at radius 2 is 2.10 bits per heavy atom. The second kappa shape index (κ2) is 7.70. The van der Waals surface area contributed by atoms with Crippen molar-refractivity contribution in [2.24, 2.45) is 0 Å². The highest BCUT2D eigenvalue weighted by Crippen LogP contribution is 2.29. The van der Waals surface area contributed by atoms with Crippen LogP contribution >= 0.6 is 11.3 Å². The van der Waals surface area contributed by atoms with E-state index in [-0.39, 0.29) is 12.1 Å². The topological polar surface area (TPSA) is 86.1 Å². The predicted molar refractivity (Wildman–Crippen MR) is 101 cm³/mol. The second-order valence-corrected chi connectivity index (χ2v) is 7.35. The van der Waals surface area contributed by atoms with E-state index in [0.717, 1.165) is 29.8 Å². The first kappa shape index (κ1) is 19.2. The number of ether oxygens (including phenoxy) is 1. The van der Waals surface area contributed by atoms with Crippen molar-refractivity contribution in [1.29, 1.82) is 0 Å². The summed E-state index contributed by atoms with van der Waals surface area (Å²) in [7, 11) is 1.29. The van der Waals surface area contributed by atoms with Gasteiger partial charge in [0.05, 0.1) is 24.9 Å². The van der Waals surface area contributed by atoms with Gasteiger partial charge in [-0.15, -0.1) is 11.3 Å². The SMILES string of the molecule is COC(=O)Cc1csc(NC(=O)c2nn(-c3ccc(F)c(F)c3)c3c2CCC3)n1. The number of nitrogens with zero attached hydrogens (tertiary/aromatic N) is 3. The van der Waals surface area contributed by atoms with Crippen LogP contribution in [0, 0.1) is 11.6 Å². The maximum Gasteiger partial charge on any atom is 0.311 e. The minimum Gasteiger partial charge on any atom is -0.469 e. The van der Waals surface area contributed by atoms with Gasteiger partial charge in [0.25, 0.3) is 5.91 Å². The van der Waals surface area contributed by atoms with Crippen LogP contribution < -0.4 is 5.32 Å². The molecular weight excluding hydrogens is 402 g/mol. The zero-order chi connectivity index (χ0) is 20.5. The van der Waals surface area contributed by atoms with Crippen LogP contribution in [-0.2, 0) is 28.8 Å². The molecule has 2 heterocycles. The number of anilines is 1. The number of halogens is 2. The molecule has 10 heteroatoms. The van der Waals surface area contributed by atoms with E-state index >= 15 is 0 Å². The minimum absolute atomic E-state index is 0.0169. The molecule has 0 fully saturated rings. The van der Waals surface area contributed by atoms with Crippen LogP contribution in [0.5, 0.6) is 0 Å². The largest absolute Gasteiger partial charge is 0.469 e. The quantitative estimate of drug-likeness (QED) is 0.644. The molecule has 4 rings (SSSR count). The number of hydrogen-bond donors (Lipinski definition) is 1. The van der Waals surface area contributed by atoms with Gasteiger partial charge in [0, 0.05) is 22.7 Å². The fourth-order valence-electron chi connectivity index (χ4n) is 3.27. The van der Waals surface area contributed by atoms with Gasteiger partial charge in [0.15, 0.2) is 22.5 Å². The van der Waals surface area contributed by atoms with Crippen molar-refractivity contribution in [3.8, 4) is 5.69 Å². The molecule has 1 amide bonds. The number of thiazole rings is 1. The second-order valence-electron chi connectivity index (χ2n) is 6.49. The first-order chi connectivity index (χ1) is 14.0. The third-order valence-corrected chi connectivity index (χ3v) is 5.42. The molecule has 0 aliphatic heterocycles. The fourth-order valence-corrected chi connectivity index (χ4v) is 3.98. The number of carbonyl (C=O) groups is 2. The standard InChI is InChI=1S/C19H16F2N4O3S/c1-28-16(26)7-10-9-29-19(22-10)23-18(27)17-12-3-2-4-15(12)25(24-17)11-5-6-13(20)14(21)8-11/h5-6,8-9H,2-4,7H2,1H3,(H,22,23,27).